The van der Waals surface area contributed by atoms with Crippen molar-refractivity contribution >= 4 is 28.9 Å². The molecule has 1 aromatic rings. The van der Waals surface area contributed by atoms with E-state index in [9.17, 15) is 0 Å². The van der Waals surface area contributed by atoms with Crippen LogP contribution in [0.3, 0.4) is 0 Å². The molecule has 1 heterocycles. The predicted molar refractivity (Wildman–Crippen MR) is 50.9 cm³/mol. The van der Waals surface area contributed by atoms with Crippen LogP contribution < -0.4 is 5.32 Å². The molecule has 6 heteroatoms. The van der Waals surface area contributed by atoms with Gasteiger partial charge in [-0.05, 0) is 6.92 Å². The number of rotatable bonds is 2. The first kappa shape index (κ1) is 10.0. The minimum absolute atomic E-state index is 0.0582. The standard InChI is InChI=1S/C7H6Cl2N4/c1-2-11-5-4(3-10)6(8)12-13-7(5)9/h2H2,1H3,(H,11,12). The molecule has 0 radical (unpaired) electrons. The highest BCUT2D eigenvalue weighted by molar-refractivity contribution is 6.34. The number of halogens is 2. The van der Waals surface area contributed by atoms with Gasteiger partial charge in [-0.3, -0.25) is 0 Å². The van der Waals surface area contributed by atoms with Gasteiger partial charge < -0.3 is 5.32 Å². The Morgan fingerprint density at radius 2 is 2.00 bits per heavy atom. The van der Waals surface area contributed by atoms with Crippen LogP contribution in [0.25, 0.3) is 0 Å². The minimum Gasteiger partial charge on any atom is -0.382 e. The van der Waals surface area contributed by atoms with Crippen molar-refractivity contribution in [2.24, 2.45) is 0 Å². The number of nitrogens with one attached hydrogen (secondary N) is 1. The summed E-state index contributed by atoms with van der Waals surface area (Å²) in [5, 5.41) is 18.9. The monoisotopic (exact) mass is 216 g/mol. The van der Waals surface area contributed by atoms with Crippen molar-refractivity contribution in [1.29, 1.82) is 5.26 Å². The number of nitriles is 1. The van der Waals surface area contributed by atoms with Gasteiger partial charge in [-0.1, -0.05) is 23.2 Å². The molecule has 0 unspecified atom stereocenters. The first-order valence-electron chi connectivity index (χ1n) is 3.56. The lowest BCUT2D eigenvalue weighted by Gasteiger charge is -2.06. The number of hydrogen-bond donors (Lipinski definition) is 1. The highest BCUT2D eigenvalue weighted by Crippen LogP contribution is 2.26. The summed E-state index contributed by atoms with van der Waals surface area (Å²) < 4.78 is 0. The van der Waals surface area contributed by atoms with Crippen molar-refractivity contribution in [3.05, 3.63) is 15.9 Å². The summed E-state index contributed by atoms with van der Waals surface area (Å²) in [5.41, 5.74) is 0.662. The zero-order valence-electron chi connectivity index (χ0n) is 6.80. The fourth-order valence-corrected chi connectivity index (χ4v) is 1.21. The zero-order valence-corrected chi connectivity index (χ0v) is 8.32. The molecule has 68 valence electrons. The quantitative estimate of drug-likeness (QED) is 0.823. The molecule has 0 atom stereocenters. The Kier molecular flexibility index (Phi) is 3.29. The van der Waals surface area contributed by atoms with Gasteiger partial charge in [-0.15, -0.1) is 10.2 Å². The molecule has 0 aliphatic carbocycles. The minimum atomic E-state index is 0.0582. The van der Waals surface area contributed by atoms with Crippen molar-refractivity contribution in [2.75, 3.05) is 11.9 Å². The van der Waals surface area contributed by atoms with Crippen LogP contribution in [-0.2, 0) is 0 Å². The van der Waals surface area contributed by atoms with Crippen LogP contribution in [0.15, 0.2) is 0 Å². The maximum absolute atomic E-state index is 8.75. The summed E-state index contributed by atoms with van der Waals surface area (Å²) in [5.74, 6) is 0. The third kappa shape index (κ3) is 2.00. The molecule has 0 aromatic carbocycles. The topological polar surface area (TPSA) is 61.6 Å². The summed E-state index contributed by atoms with van der Waals surface area (Å²) in [7, 11) is 0. The average Bonchev–Trinajstić information content (AvgIpc) is 2.12. The Morgan fingerprint density at radius 3 is 2.54 bits per heavy atom. The van der Waals surface area contributed by atoms with E-state index < -0.39 is 0 Å². The summed E-state index contributed by atoms with van der Waals surface area (Å²) in [4.78, 5) is 0. The fourth-order valence-electron chi connectivity index (χ4n) is 0.834. The third-order valence-corrected chi connectivity index (χ3v) is 1.88. The van der Waals surface area contributed by atoms with Crippen molar-refractivity contribution in [2.45, 2.75) is 6.92 Å². The van der Waals surface area contributed by atoms with Gasteiger partial charge in [0.2, 0.25) is 0 Å². The van der Waals surface area contributed by atoms with E-state index in [0.717, 1.165) is 0 Å². The summed E-state index contributed by atoms with van der Waals surface area (Å²) >= 11 is 11.4. The molecular formula is C7H6Cl2N4. The molecule has 13 heavy (non-hydrogen) atoms. The normalized spacial score (nSPS) is 9.38. The predicted octanol–water partition coefficient (Wildman–Crippen LogP) is 2.09. The van der Waals surface area contributed by atoms with Gasteiger partial charge in [0.1, 0.15) is 11.6 Å². The van der Waals surface area contributed by atoms with Crippen LogP contribution in [-0.4, -0.2) is 16.7 Å². The van der Waals surface area contributed by atoms with E-state index in [1.165, 1.54) is 0 Å². The second kappa shape index (κ2) is 4.26. The molecule has 1 aromatic heterocycles. The molecule has 0 bridgehead atoms. The average molecular weight is 217 g/mol. The van der Waals surface area contributed by atoms with Gasteiger partial charge in [0.05, 0.1) is 5.69 Å². The lowest BCUT2D eigenvalue weighted by Crippen LogP contribution is -2.03. The van der Waals surface area contributed by atoms with Crippen molar-refractivity contribution in [1.82, 2.24) is 10.2 Å². The summed E-state index contributed by atoms with van der Waals surface area (Å²) in [6, 6.07) is 1.91. The van der Waals surface area contributed by atoms with Crippen molar-refractivity contribution in [3.63, 3.8) is 0 Å². The first-order chi connectivity index (χ1) is 6.20. The van der Waals surface area contributed by atoms with E-state index >= 15 is 0 Å². The van der Waals surface area contributed by atoms with Crippen LogP contribution >= 0.6 is 23.2 Å². The molecule has 1 N–H and O–H groups in total. The molecule has 0 fully saturated rings. The van der Waals surface area contributed by atoms with E-state index in [2.05, 4.69) is 15.5 Å². The van der Waals surface area contributed by atoms with Gasteiger partial charge >= 0.3 is 0 Å². The van der Waals surface area contributed by atoms with Crippen molar-refractivity contribution in [3.8, 4) is 6.07 Å². The lowest BCUT2D eigenvalue weighted by molar-refractivity contribution is 1.02. The van der Waals surface area contributed by atoms with E-state index in [-0.39, 0.29) is 15.9 Å². The highest BCUT2D eigenvalue weighted by Gasteiger charge is 2.12. The third-order valence-electron chi connectivity index (χ3n) is 1.35. The molecule has 0 saturated heterocycles. The van der Waals surface area contributed by atoms with E-state index in [1.807, 2.05) is 13.0 Å². The van der Waals surface area contributed by atoms with Crippen LogP contribution in [0.1, 0.15) is 12.5 Å². The number of anilines is 1. The Labute approximate surface area is 85.5 Å². The zero-order chi connectivity index (χ0) is 9.84. The molecule has 0 aliphatic heterocycles. The summed E-state index contributed by atoms with van der Waals surface area (Å²) in [6.45, 7) is 2.52. The van der Waals surface area contributed by atoms with Gasteiger partial charge in [0.15, 0.2) is 10.3 Å². The molecular weight excluding hydrogens is 211 g/mol. The number of aromatic nitrogens is 2. The molecule has 1 rings (SSSR count). The van der Waals surface area contributed by atoms with Gasteiger partial charge in [0, 0.05) is 6.54 Å². The van der Waals surface area contributed by atoms with E-state index in [0.29, 0.717) is 12.2 Å². The Morgan fingerprint density at radius 1 is 1.38 bits per heavy atom. The smallest absolute Gasteiger partial charge is 0.176 e. The lowest BCUT2D eigenvalue weighted by atomic mass is 10.3. The Hall–Kier alpha value is -1.05. The maximum Gasteiger partial charge on any atom is 0.176 e. The largest absolute Gasteiger partial charge is 0.382 e. The first-order valence-corrected chi connectivity index (χ1v) is 4.32. The highest BCUT2D eigenvalue weighted by atomic mass is 35.5. The van der Waals surface area contributed by atoms with Crippen LogP contribution in [0.5, 0.6) is 0 Å². The van der Waals surface area contributed by atoms with Crippen LogP contribution in [0.2, 0.25) is 10.3 Å². The van der Waals surface area contributed by atoms with E-state index in [4.69, 9.17) is 28.5 Å². The molecule has 0 aliphatic rings. The van der Waals surface area contributed by atoms with Gasteiger partial charge in [-0.25, -0.2) is 0 Å². The van der Waals surface area contributed by atoms with E-state index in [1.54, 1.807) is 0 Å². The number of nitrogens with zero attached hydrogens (tertiary/aromatic N) is 3. The van der Waals surface area contributed by atoms with Gasteiger partial charge in [0.25, 0.3) is 0 Å². The maximum atomic E-state index is 8.75. The molecule has 0 amide bonds. The van der Waals surface area contributed by atoms with Crippen molar-refractivity contribution < 1.29 is 0 Å². The summed E-state index contributed by atoms with van der Waals surface area (Å²) in [6.07, 6.45) is 0. The van der Waals surface area contributed by atoms with Crippen LogP contribution in [0, 0.1) is 11.3 Å². The fraction of sp³-hybridized carbons (Fsp3) is 0.286. The molecule has 4 nitrogen and oxygen atoms in total. The van der Waals surface area contributed by atoms with Crippen LogP contribution in [0.4, 0.5) is 5.69 Å². The Balaban J connectivity index is 3.28. The second-order valence-corrected chi connectivity index (χ2v) is 2.89. The molecule has 0 spiro atoms. The Bertz CT molecular complexity index is 358. The SMILES string of the molecule is CCNc1c(Cl)nnc(Cl)c1C#N. The van der Waals surface area contributed by atoms with Gasteiger partial charge in [-0.2, -0.15) is 5.26 Å². The molecule has 0 saturated carbocycles. The second-order valence-electron chi connectivity index (χ2n) is 2.17. The number of hydrogen-bond acceptors (Lipinski definition) is 4.